The number of aromatic nitrogens is 1. The van der Waals surface area contributed by atoms with Gasteiger partial charge in [0, 0.05) is 11.5 Å². The van der Waals surface area contributed by atoms with Gasteiger partial charge in [-0.3, -0.25) is 14.4 Å². The van der Waals surface area contributed by atoms with Crippen LogP contribution in [0.3, 0.4) is 0 Å². The standard InChI is InChI=1S/C14H13BrN2O5/c1-17-8-5-3-4-7(15)10(8)12(19)11(14(17)21)13(20)16-6-9(18)22-2/h3-5,19H,6H2,1-2H3,(H,16,20). The molecule has 7 nitrogen and oxygen atoms in total. The van der Waals surface area contributed by atoms with Crippen molar-refractivity contribution in [2.45, 2.75) is 0 Å². The Bertz CT molecular complexity index is 828. The van der Waals surface area contributed by atoms with Crippen molar-refractivity contribution in [1.82, 2.24) is 9.88 Å². The van der Waals surface area contributed by atoms with E-state index in [2.05, 4.69) is 26.0 Å². The third-order valence-electron chi connectivity index (χ3n) is 3.19. The molecule has 1 heterocycles. The number of halogens is 1. The number of hydrogen-bond acceptors (Lipinski definition) is 5. The Morgan fingerprint density at radius 3 is 2.73 bits per heavy atom. The summed E-state index contributed by atoms with van der Waals surface area (Å²) in [5, 5.41) is 12.9. The van der Waals surface area contributed by atoms with Gasteiger partial charge in [-0.1, -0.05) is 6.07 Å². The maximum Gasteiger partial charge on any atom is 0.325 e. The minimum absolute atomic E-state index is 0.341. The second kappa shape index (κ2) is 6.18. The third-order valence-corrected chi connectivity index (χ3v) is 3.85. The third kappa shape index (κ3) is 2.69. The van der Waals surface area contributed by atoms with E-state index in [9.17, 15) is 19.5 Å². The minimum Gasteiger partial charge on any atom is -0.506 e. The summed E-state index contributed by atoms with van der Waals surface area (Å²) in [7, 11) is 2.67. The van der Waals surface area contributed by atoms with Crippen LogP contribution in [0.15, 0.2) is 27.5 Å². The Kier molecular flexibility index (Phi) is 4.51. The molecule has 8 heteroatoms. The highest BCUT2D eigenvalue weighted by Crippen LogP contribution is 2.32. The SMILES string of the molecule is COC(=O)CNC(=O)c1c(O)c2c(Br)cccc2n(C)c1=O. The molecule has 0 saturated carbocycles. The van der Waals surface area contributed by atoms with Gasteiger partial charge >= 0.3 is 5.97 Å². The molecule has 0 unspecified atom stereocenters. The Morgan fingerprint density at radius 1 is 1.41 bits per heavy atom. The van der Waals surface area contributed by atoms with E-state index in [1.54, 1.807) is 18.2 Å². The molecule has 116 valence electrons. The molecule has 0 radical (unpaired) electrons. The van der Waals surface area contributed by atoms with Crippen LogP contribution in [-0.4, -0.2) is 35.2 Å². The first-order chi connectivity index (χ1) is 10.4. The van der Waals surface area contributed by atoms with E-state index < -0.39 is 35.3 Å². The average Bonchev–Trinajstić information content (AvgIpc) is 2.50. The monoisotopic (exact) mass is 368 g/mol. The van der Waals surface area contributed by atoms with Crippen LogP contribution in [0.5, 0.6) is 5.75 Å². The predicted molar refractivity (Wildman–Crippen MR) is 82.9 cm³/mol. The molecule has 0 aliphatic carbocycles. The number of methoxy groups -OCH3 is 1. The predicted octanol–water partition coefficient (Wildman–Crippen LogP) is 0.909. The maximum absolute atomic E-state index is 12.3. The fraction of sp³-hybridized carbons (Fsp3) is 0.214. The molecule has 0 saturated heterocycles. The molecular weight excluding hydrogens is 356 g/mol. The highest BCUT2D eigenvalue weighted by molar-refractivity contribution is 9.10. The summed E-state index contributed by atoms with van der Waals surface area (Å²) >= 11 is 3.28. The van der Waals surface area contributed by atoms with Crippen molar-refractivity contribution < 1.29 is 19.4 Å². The lowest BCUT2D eigenvalue weighted by Gasteiger charge is -2.12. The molecule has 1 aromatic carbocycles. The summed E-state index contributed by atoms with van der Waals surface area (Å²) < 4.78 is 6.20. The van der Waals surface area contributed by atoms with Gasteiger partial charge in [-0.05, 0) is 28.1 Å². The zero-order chi connectivity index (χ0) is 16.4. The molecule has 1 aromatic heterocycles. The van der Waals surface area contributed by atoms with Crippen molar-refractivity contribution in [3.8, 4) is 5.75 Å². The largest absolute Gasteiger partial charge is 0.506 e. The van der Waals surface area contributed by atoms with Crippen LogP contribution in [-0.2, 0) is 16.6 Å². The number of rotatable bonds is 3. The second-order valence-electron chi connectivity index (χ2n) is 4.48. The molecule has 22 heavy (non-hydrogen) atoms. The molecule has 2 aromatic rings. The summed E-state index contributed by atoms with van der Waals surface area (Å²) in [4.78, 5) is 35.4. The van der Waals surface area contributed by atoms with Crippen molar-refractivity contribution in [2.24, 2.45) is 7.05 Å². The molecule has 0 aliphatic heterocycles. The lowest BCUT2D eigenvalue weighted by atomic mass is 10.1. The van der Waals surface area contributed by atoms with E-state index in [0.717, 1.165) is 0 Å². The van der Waals surface area contributed by atoms with Crippen LogP contribution in [0.4, 0.5) is 0 Å². The zero-order valence-electron chi connectivity index (χ0n) is 11.8. The van der Waals surface area contributed by atoms with Gasteiger partial charge in [0.25, 0.3) is 11.5 Å². The Morgan fingerprint density at radius 2 is 2.09 bits per heavy atom. The molecule has 0 spiro atoms. The Balaban J connectivity index is 2.60. The summed E-state index contributed by atoms with van der Waals surface area (Å²) in [6, 6.07) is 5.04. The van der Waals surface area contributed by atoms with Gasteiger partial charge in [0.05, 0.1) is 18.0 Å². The number of fused-ring (bicyclic) bond motifs is 1. The number of hydrogen-bond donors (Lipinski definition) is 2. The summed E-state index contributed by atoms with van der Waals surface area (Å²) in [6.45, 7) is -0.397. The van der Waals surface area contributed by atoms with Crippen molar-refractivity contribution >= 4 is 38.7 Å². The molecule has 0 fully saturated rings. The number of benzene rings is 1. The van der Waals surface area contributed by atoms with Crippen LogP contribution in [0.2, 0.25) is 0 Å². The minimum atomic E-state index is -0.846. The van der Waals surface area contributed by atoms with Crippen molar-refractivity contribution in [1.29, 1.82) is 0 Å². The number of carbonyl (C=O) groups excluding carboxylic acids is 2. The topological polar surface area (TPSA) is 97.6 Å². The van der Waals surface area contributed by atoms with Gasteiger partial charge in [0.1, 0.15) is 17.9 Å². The lowest BCUT2D eigenvalue weighted by Crippen LogP contribution is -2.35. The summed E-state index contributed by atoms with van der Waals surface area (Å²) in [6.07, 6.45) is 0. The number of pyridine rings is 1. The number of nitrogens with one attached hydrogen (secondary N) is 1. The Labute approximate surface area is 133 Å². The highest BCUT2D eigenvalue weighted by atomic mass is 79.9. The Hall–Kier alpha value is -2.35. The quantitative estimate of drug-likeness (QED) is 0.784. The second-order valence-corrected chi connectivity index (χ2v) is 5.33. The number of carbonyl (C=O) groups is 2. The average molecular weight is 369 g/mol. The van der Waals surface area contributed by atoms with Crippen LogP contribution < -0.4 is 10.9 Å². The number of aromatic hydroxyl groups is 1. The number of ether oxygens (including phenoxy) is 1. The van der Waals surface area contributed by atoms with Crippen molar-refractivity contribution in [2.75, 3.05) is 13.7 Å². The van der Waals surface area contributed by atoms with Gasteiger partial charge in [0.2, 0.25) is 0 Å². The van der Waals surface area contributed by atoms with Crippen LogP contribution in [0.1, 0.15) is 10.4 Å². The molecule has 0 atom stereocenters. The van der Waals surface area contributed by atoms with E-state index in [-0.39, 0.29) is 0 Å². The number of aryl methyl sites for hydroxylation is 1. The van der Waals surface area contributed by atoms with E-state index in [0.29, 0.717) is 15.4 Å². The number of nitrogens with zero attached hydrogens (tertiary/aromatic N) is 1. The van der Waals surface area contributed by atoms with Crippen LogP contribution in [0.25, 0.3) is 10.9 Å². The van der Waals surface area contributed by atoms with E-state index in [1.165, 1.54) is 18.7 Å². The number of amides is 1. The van der Waals surface area contributed by atoms with Crippen LogP contribution >= 0.6 is 15.9 Å². The van der Waals surface area contributed by atoms with E-state index in [1.807, 2.05) is 0 Å². The number of esters is 1. The summed E-state index contributed by atoms with van der Waals surface area (Å²) in [5.74, 6) is -1.94. The van der Waals surface area contributed by atoms with E-state index in [4.69, 9.17) is 0 Å². The normalized spacial score (nSPS) is 10.5. The van der Waals surface area contributed by atoms with Gasteiger partial charge < -0.3 is 19.7 Å². The maximum atomic E-state index is 12.3. The van der Waals surface area contributed by atoms with Crippen molar-refractivity contribution in [3.05, 3.63) is 38.6 Å². The molecule has 1 amide bonds. The van der Waals surface area contributed by atoms with Crippen LogP contribution in [0, 0.1) is 0 Å². The van der Waals surface area contributed by atoms with Gasteiger partial charge in [0.15, 0.2) is 0 Å². The fourth-order valence-corrected chi connectivity index (χ4v) is 2.59. The van der Waals surface area contributed by atoms with Gasteiger partial charge in [-0.2, -0.15) is 0 Å². The van der Waals surface area contributed by atoms with Gasteiger partial charge in [-0.15, -0.1) is 0 Å². The van der Waals surface area contributed by atoms with Crippen molar-refractivity contribution in [3.63, 3.8) is 0 Å². The smallest absolute Gasteiger partial charge is 0.325 e. The van der Waals surface area contributed by atoms with Gasteiger partial charge in [-0.25, -0.2) is 0 Å². The molecule has 0 aliphatic rings. The molecule has 2 N–H and O–H groups in total. The highest BCUT2D eigenvalue weighted by Gasteiger charge is 2.22. The first kappa shape index (κ1) is 16.0. The first-order valence-electron chi connectivity index (χ1n) is 6.23. The lowest BCUT2D eigenvalue weighted by molar-refractivity contribution is -0.139. The zero-order valence-corrected chi connectivity index (χ0v) is 13.4. The molecule has 0 bridgehead atoms. The fourth-order valence-electron chi connectivity index (χ4n) is 2.05. The molecular formula is C14H13BrN2O5. The molecule has 2 rings (SSSR count). The first-order valence-corrected chi connectivity index (χ1v) is 7.03. The summed E-state index contributed by atoms with van der Waals surface area (Å²) in [5.41, 5.74) is -0.613. The van der Waals surface area contributed by atoms with E-state index >= 15 is 0 Å².